The molecule has 2 aromatic carbocycles. The first-order chi connectivity index (χ1) is 14.2. The van der Waals surface area contributed by atoms with Crippen LogP contribution in [0.15, 0.2) is 36.5 Å². The summed E-state index contributed by atoms with van der Waals surface area (Å²) in [6, 6.07) is 6.64. The number of tetrazole rings is 1. The number of H-pyrrole nitrogens is 1. The van der Waals surface area contributed by atoms with E-state index in [2.05, 4.69) is 25.9 Å². The van der Waals surface area contributed by atoms with Crippen LogP contribution in [0.2, 0.25) is 0 Å². The summed E-state index contributed by atoms with van der Waals surface area (Å²) in [5.74, 6) is -4.13. The summed E-state index contributed by atoms with van der Waals surface area (Å²) in [5.41, 5.74) is -0.715. The molecular formula is C18H11F5N6O. The molecule has 0 spiro atoms. The maximum atomic E-state index is 14.1. The van der Waals surface area contributed by atoms with Crippen molar-refractivity contribution in [2.24, 2.45) is 0 Å². The Morgan fingerprint density at radius 2 is 1.93 bits per heavy atom. The monoisotopic (exact) mass is 422 g/mol. The van der Waals surface area contributed by atoms with Crippen molar-refractivity contribution in [2.75, 3.05) is 5.32 Å². The van der Waals surface area contributed by atoms with Gasteiger partial charge in [0.05, 0.1) is 11.3 Å². The van der Waals surface area contributed by atoms with Crippen molar-refractivity contribution >= 4 is 11.3 Å². The highest BCUT2D eigenvalue weighted by Gasteiger charge is 2.33. The Kier molecular flexibility index (Phi) is 5.63. The average Bonchev–Trinajstić information content (AvgIpc) is 3.20. The van der Waals surface area contributed by atoms with Gasteiger partial charge in [-0.05, 0) is 35.9 Å². The molecule has 2 N–H and O–H groups in total. The molecule has 0 fully saturated rings. The van der Waals surface area contributed by atoms with E-state index in [0.717, 1.165) is 0 Å². The lowest BCUT2D eigenvalue weighted by atomic mass is 10.1. The van der Waals surface area contributed by atoms with Crippen molar-refractivity contribution < 1.29 is 26.7 Å². The summed E-state index contributed by atoms with van der Waals surface area (Å²) in [5, 5.41) is 24.8. The standard InChI is InChI=1S/C18H11F5N6O/c1-9-3-2-4-14(15(9)25-8-10(7-24)17-26-28-29-27-17)30-16-12(19)5-11(6-13(16)20)18(21,22)23/h2-6,8,25H,1H3,(H,26,27,28,29). The second kappa shape index (κ2) is 8.16. The highest BCUT2D eigenvalue weighted by Crippen LogP contribution is 2.38. The van der Waals surface area contributed by atoms with Gasteiger partial charge in [-0.15, -0.1) is 10.2 Å². The maximum absolute atomic E-state index is 14.1. The number of aromatic amines is 1. The van der Waals surface area contributed by atoms with E-state index in [1.165, 1.54) is 18.3 Å². The Morgan fingerprint density at radius 1 is 1.23 bits per heavy atom. The molecule has 1 heterocycles. The van der Waals surface area contributed by atoms with Gasteiger partial charge in [0.15, 0.2) is 23.1 Å². The van der Waals surface area contributed by atoms with Crippen LogP contribution in [0.25, 0.3) is 5.57 Å². The summed E-state index contributed by atoms with van der Waals surface area (Å²) in [6.45, 7) is 1.64. The van der Waals surface area contributed by atoms with E-state index in [1.807, 2.05) is 6.07 Å². The summed E-state index contributed by atoms with van der Waals surface area (Å²) in [4.78, 5) is 0. The smallest absolute Gasteiger partial charge is 0.416 e. The molecule has 0 bridgehead atoms. The summed E-state index contributed by atoms with van der Waals surface area (Å²) in [7, 11) is 0. The highest BCUT2D eigenvalue weighted by molar-refractivity contribution is 5.75. The molecule has 0 aliphatic heterocycles. The van der Waals surface area contributed by atoms with Crippen LogP contribution >= 0.6 is 0 Å². The topological polar surface area (TPSA) is 99.5 Å². The first-order valence-electron chi connectivity index (χ1n) is 8.15. The van der Waals surface area contributed by atoms with Gasteiger partial charge >= 0.3 is 6.18 Å². The lowest BCUT2D eigenvalue weighted by molar-refractivity contribution is -0.138. The maximum Gasteiger partial charge on any atom is 0.416 e. The first-order valence-corrected chi connectivity index (χ1v) is 8.15. The number of nitrogens with zero attached hydrogens (tertiary/aromatic N) is 4. The molecule has 0 aliphatic rings. The number of para-hydroxylation sites is 1. The number of hydrogen-bond donors (Lipinski definition) is 2. The minimum Gasteiger partial charge on any atom is -0.449 e. The van der Waals surface area contributed by atoms with Gasteiger partial charge < -0.3 is 10.1 Å². The van der Waals surface area contributed by atoms with Gasteiger partial charge in [-0.3, -0.25) is 0 Å². The Balaban J connectivity index is 1.96. The molecule has 154 valence electrons. The Labute approximate surface area is 165 Å². The third-order valence-corrected chi connectivity index (χ3v) is 3.84. The van der Waals surface area contributed by atoms with Crippen LogP contribution in [0.4, 0.5) is 27.6 Å². The molecule has 12 heteroatoms. The van der Waals surface area contributed by atoms with E-state index in [4.69, 9.17) is 4.74 Å². The second-order valence-corrected chi connectivity index (χ2v) is 5.87. The van der Waals surface area contributed by atoms with E-state index < -0.39 is 29.1 Å². The number of halogens is 5. The summed E-state index contributed by atoms with van der Waals surface area (Å²) in [6.07, 6.45) is -3.69. The molecule has 0 unspecified atom stereocenters. The fourth-order valence-electron chi connectivity index (χ4n) is 2.41. The van der Waals surface area contributed by atoms with Crippen LogP contribution in [-0.4, -0.2) is 20.6 Å². The van der Waals surface area contributed by atoms with E-state index in [9.17, 15) is 27.2 Å². The molecule has 0 aliphatic carbocycles. The normalized spacial score (nSPS) is 11.8. The van der Waals surface area contributed by atoms with Gasteiger partial charge in [0, 0.05) is 6.20 Å². The largest absolute Gasteiger partial charge is 0.449 e. The van der Waals surface area contributed by atoms with Gasteiger partial charge in [-0.25, -0.2) is 8.78 Å². The average molecular weight is 422 g/mol. The zero-order valence-corrected chi connectivity index (χ0v) is 15.1. The number of hydrogen-bond acceptors (Lipinski definition) is 6. The number of nitrogens with one attached hydrogen (secondary N) is 2. The molecule has 7 nitrogen and oxygen atoms in total. The van der Waals surface area contributed by atoms with Crippen LogP contribution in [0.5, 0.6) is 11.5 Å². The molecule has 0 amide bonds. The van der Waals surface area contributed by atoms with Gasteiger partial charge in [-0.1, -0.05) is 12.1 Å². The number of ether oxygens (including phenoxy) is 1. The second-order valence-electron chi connectivity index (χ2n) is 5.87. The molecule has 1 aromatic heterocycles. The minimum absolute atomic E-state index is 0.000816. The van der Waals surface area contributed by atoms with E-state index in [-0.39, 0.29) is 35.0 Å². The minimum atomic E-state index is -4.91. The van der Waals surface area contributed by atoms with Crippen LogP contribution in [0, 0.1) is 29.9 Å². The number of nitriles is 1. The molecule has 0 atom stereocenters. The molecule has 3 rings (SSSR count). The zero-order chi connectivity index (χ0) is 21.9. The molecule has 30 heavy (non-hydrogen) atoms. The predicted octanol–water partition coefficient (Wildman–Crippen LogP) is 4.57. The molecule has 0 radical (unpaired) electrons. The van der Waals surface area contributed by atoms with Crippen molar-refractivity contribution in [3.05, 3.63) is 65.1 Å². The molecular weight excluding hydrogens is 411 g/mol. The lowest BCUT2D eigenvalue weighted by Gasteiger charge is -2.15. The van der Waals surface area contributed by atoms with Crippen LogP contribution in [0.3, 0.4) is 0 Å². The van der Waals surface area contributed by atoms with Gasteiger partial charge in [-0.2, -0.15) is 23.6 Å². The lowest BCUT2D eigenvalue weighted by Crippen LogP contribution is -2.07. The van der Waals surface area contributed by atoms with E-state index in [0.29, 0.717) is 5.56 Å². The summed E-state index contributed by atoms with van der Waals surface area (Å²) < 4.78 is 71.7. The fraction of sp³-hybridized carbons (Fsp3) is 0.111. The third-order valence-electron chi connectivity index (χ3n) is 3.84. The molecule has 3 aromatic rings. The molecule has 0 saturated carbocycles. The summed E-state index contributed by atoms with van der Waals surface area (Å²) >= 11 is 0. The van der Waals surface area contributed by atoms with Crippen molar-refractivity contribution in [3.63, 3.8) is 0 Å². The number of alkyl halides is 3. The number of aromatic nitrogens is 4. The Hall–Kier alpha value is -4.01. The SMILES string of the molecule is Cc1cccc(Oc2c(F)cc(C(F)(F)F)cc2F)c1NC=C(C#N)c1nn[nH]n1. The van der Waals surface area contributed by atoms with E-state index in [1.54, 1.807) is 13.0 Å². The Morgan fingerprint density at radius 3 is 2.50 bits per heavy atom. The number of benzene rings is 2. The van der Waals surface area contributed by atoms with Crippen LogP contribution in [0.1, 0.15) is 17.0 Å². The van der Waals surface area contributed by atoms with E-state index >= 15 is 0 Å². The van der Waals surface area contributed by atoms with Gasteiger partial charge in [0.1, 0.15) is 11.6 Å². The third kappa shape index (κ3) is 4.35. The number of aryl methyl sites for hydroxylation is 1. The van der Waals surface area contributed by atoms with Gasteiger partial charge in [0.25, 0.3) is 0 Å². The van der Waals surface area contributed by atoms with Crippen molar-refractivity contribution in [1.29, 1.82) is 5.26 Å². The van der Waals surface area contributed by atoms with Crippen molar-refractivity contribution in [2.45, 2.75) is 13.1 Å². The Bertz CT molecular complexity index is 1110. The zero-order valence-electron chi connectivity index (χ0n) is 15.1. The van der Waals surface area contributed by atoms with Gasteiger partial charge in [0.2, 0.25) is 5.82 Å². The first kappa shape index (κ1) is 20.7. The molecule has 0 saturated heterocycles. The van der Waals surface area contributed by atoms with Crippen molar-refractivity contribution in [1.82, 2.24) is 20.6 Å². The number of allylic oxidation sites excluding steroid dienone is 1. The fourth-order valence-corrected chi connectivity index (χ4v) is 2.41. The highest BCUT2D eigenvalue weighted by atomic mass is 19.4. The van der Waals surface area contributed by atoms with Crippen LogP contribution < -0.4 is 10.1 Å². The quantitative estimate of drug-likeness (QED) is 0.462. The number of rotatable bonds is 5. The van der Waals surface area contributed by atoms with Crippen molar-refractivity contribution in [3.8, 4) is 17.6 Å². The van der Waals surface area contributed by atoms with Crippen LogP contribution in [-0.2, 0) is 6.18 Å². The number of anilines is 1. The predicted molar refractivity (Wildman–Crippen MR) is 94.0 cm³/mol.